The van der Waals surface area contributed by atoms with Crippen LogP contribution in [0.3, 0.4) is 0 Å². The van der Waals surface area contributed by atoms with Crippen molar-refractivity contribution in [2.45, 2.75) is 18.9 Å². The normalized spacial score (nSPS) is 12.6. The third-order valence-electron chi connectivity index (χ3n) is 2.38. The number of rotatable bonds is 4. The van der Waals surface area contributed by atoms with Gasteiger partial charge in [0.15, 0.2) is 0 Å². The van der Waals surface area contributed by atoms with Gasteiger partial charge < -0.3 is 5.11 Å². The number of hydrogen-bond donors (Lipinski definition) is 1. The molecule has 1 N–H and O–H groups in total. The van der Waals surface area contributed by atoms with E-state index in [1.807, 2.05) is 12.1 Å². The fourth-order valence-electron chi connectivity index (χ4n) is 1.47. The number of aliphatic hydroxyl groups is 1. The molecule has 2 rings (SSSR count). The molecule has 2 aromatic heterocycles. The maximum absolute atomic E-state index is 9.94. The van der Waals surface area contributed by atoms with E-state index in [0.717, 1.165) is 16.6 Å². The summed E-state index contributed by atoms with van der Waals surface area (Å²) in [6, 6.07) is 5.84. The summed E-state index contributed by atoms with van der Waals surface area (Å²) in [6.45, 7) is 0. The van der Waals surface area contributed by atoms with Gasteiger partial charge in [0.25, 0.3) is 0 Å². The third kappa shape index (κ3) is 3.14. The molecule has 4 heteroatoms. The molecule has 2 nitrogen and oxygen atoms in total. The van der Waals surface area contributed by atoms with Crippen LogP contribution in [0.5, 0.6) is 0 Å². The van der Waals surface area contributed by atoms with Gasteiger partial charge in [-0.2, -0.15) is 11.3 Å². The monoisotopic (exact) mass is 297 g/mol. The highest BCUT2D eigenvalue weighted by atomic mass is 79.9. The zero-order chi connectivity index (χ0) is 11.4. The largest absolute Gasteiger partial charge is 0.387 e. The lowest BCUT2D eigenvalue weighted by Gasteiger charge is -2.09. The van der Waals surface area contributed by atoms with Crippen LogP contribution in [0, 0.1) is 0 Å². The minimum absolute atomic E-state index is 0.479. The maximum Gasteiger partial charge on any atom is 0.0962 e. The van der Waals surface area contributed by atoms with Crippen LogP contribution in [0.15, 0.2) is 39.6 Å². The summed E-state index contributed by atoms with van der Waals surface area (Å²) < 4.78 is 0.932. The highest BCUT2D eigenvalue weighted by Gasteiger charge is 2.08. The van der Waals surface area contributed by atoms with Crippen LogP contribution in [0.4, 0.5) is 0 Å². The van der Waals surface area contributed by atoms with Crippen molar-refractivity contribution in [3.8, 4) is 0 Å². The van der Waals surface area contributed by atoms with Crippen LogP contribution in [-0.2, 0) is 6.42 Å². The van der Waals surface area contributed by atoms with E-state index in [1.54, 1.807) is 17.5 Å². The van der Waals surface area contributed by atoms with Crippen LogP contribution in [0.1, 0.15) is 23.8 Å². The SMILES string of the molecule is OC(CCc1ccsc1)c1ccc(Br)cn1. The highest BCUT2D eigenvalue weighted by Crippen LogP contribution is 2.19. The predicted octanol–water partition coefficient (Wildman–Crippen LogP) is 3.57. The van der Waals surface area contributed by atoms with Crippen molar-refractivity contribution in [3.05, 3.63) is 50.9 Å². The van der Waals surface area contributed by atoms with E-state index >= 15 is 0 Å². The minimum atomic E-state index is -0.479. The molecule has 0 bridgehead atoms. The molecule has 1 atom stereocenters. The Kier molecular flexibility index (Phi) is 4.09. The zero-order valence-corrected chi connectivity index (χ0v) is 11.0. The number of aliphatic hydroxyl groups excluding tert-OH is 1. The van der Waals surface area contributed by atoms with Gasteiger partial charge in [-0.05, 0) is 63.3 Å². The van der Waals surface area contributed by atoms with Crippen LogP contribution >= 0.6 is 27.3 Å². The lowest BCUT2D eigenvalue weighted by Crippen LogP contribution is -2.01. The van der Waals surface area contributed by atoms with Gasteiger partial charge in [0.05, 0.1) is 11.8 Å². The second-order valence-corrected chi connectivity index (χ2v) is 5.28. The number of aromatic nitrogens is 1. The molecule has 0 spiro atoms. The van der Waals surface area contributed by atoms with Crippen LogP contribution in [0.25, 0.3) is 0 Å². The summed E-state index contributed by atoms with van der Waals surface area (Å²) in [4.78, 5) is 4.18. The highest BCUT2D eigenvalue weighted by molar-refractivity contribution is 9.10. The first-order chi connectivity index (χ1) is 7.75. The Bertz CT molecular complexity index is 427. The Morgan fingerprint density at radius 2 is 2.25 bits per heavy atom. The first kappa shape index (κ1) is 11.8. The van der Waals surface area contributed by atoms with Crippen molar-refractivity contribution in [2.24, 2.45) is 0 Å². The standard InChI is InChI=1S/C12H12BrNOS/c13-10-2-3-11(14-7-10)12(15)4-1-9-5-6-16-8-9/h2-3,5-8,12,15H,1,4H2. The third-order valence-corrected chi connectivity index (χ3v) is 3.58. The maximum atomic E-state index is 9.94. The summed E-state index contributed by atoms with van der Waals surface area (Å²) in [5.74, 6) is 0. The van der Waals surface area contributed by atoms with Gasteiger partial charge in [0, 0.05) is 10.7 Å². The van der Waals surface area contributed by atoms with Crippen molar-refractivity contribution in [3.63, 3.8) is 0 Å². The molecule has 0 fully saturated rings. The van der Waals surface area contributed by atoms with E-state index in [2.05, 4.69) is 37.7 Å². The van der Waals surface area contributed by atoms with Gasteiger partial charge in [-0.25, -0.2) is 0 Å². The van der Waals surface area contributed by atoms with Gasteiger partial charge in [0.1, 0.15) is 0 Å². The molecular weight excluding hydrogens is 286 g/mol. The molecule has 1 unspecified atom stereocenters. The molecule has 2 heterocycles. The molecule has 84 valence electrons. The summed E-state index contributed by atoms with van der Waals surface area (Å²) >= 11 is 5.01. The Hall–Kier alpha value is -0.710. The van der Waals surface area contributed by atoms with Gasteiger partial charge in [-0.15, -0.1) is 0 Å². The quantitative estimate of drug-likeness (QED) is 0.936. The number of nitrogens with zero attached hydrogens (tertiary/aromatic N) is 1. The molecule has 0 aliphatic rings. The molecule has 0 radical (unpaired) electrons. The smallest absolute Gasteiger partial charge is 0.0962 e. The molecular formula is C12H12BrNOS. The molecule has 0 aliphatic heterocycles. The first-order valence-electron chi connectivity index (χ1n) is 5.06. The zero-order valence-electron chi connectivity index (χ0n) is 8.64. The number of hydrogen-bond acceptors (Lipinski definition) is 3. The van der Waals surface area contributed by atoms with Crippen molar-refractivity contribution in [2.75, 3.05) is 0 Å². The molecule has 2 aromatic rings. The van der Waals surface area contributed by atoms with Crippen LogP contribution in [0.2, 0.25) is 0 Å². The number of thiophene rings is 1. The number of pyridine rings is 1. The lowest BCUT2D eigenvalue weighted by molar-refractivity contribution is 0.163. The van der Waals surface area contributed by atoms with E-state index in [4.69, 9.17) is 0 Å². The summed E-state index contributed by atoms with van der Waals surface area (Å²) in [5.41, 5.74) is 2.01. The van der Waals surface area contributed by atoms with E-state index < -0.39 is 6.10 Å². The van der Waals surface area contributed by atoms with Crippen LogP contribution < -0.4 is 0 Å². The first-order valence-corrected chi connectivity index (χ1v) is 6.80. The lowest BCUT2D eigenvalue weighted by atomic mass is 10.1. The van der Waals surface area contributed by atoms with Crippen molar-refractivity contribution in [1.82, 2.24) is 4.98 Å². The van der Waals surface area contributed by atoms with Crippen molar-refractivity contribution in [1.29, 1.82) is 0 Å². The summed E-state index contributed by atoms with van der Waals surface area (Å²) in [5, 5.41) is 14.1. The average molecular weight is 298 g/mol. The van der Waals surface area contributed by atoms with E-state index in [9.17, 15) is 5.11 Å². The van der Waals surface area contributed by atoms with Gasteiger partial charge >= 0.3 is 0 Å². The van der Waals surface area contributed by atoms with Crippen LogP contribution in [-0.4, -0.2) is 10.1 Å². The molecule has 0 aromatic carbocycles. The van der Waals surface area contributed by atoms with E-state index in [0.29, 0.717) is 6.42 Å². The van der Waals surface area contributed by atoms with E-state index in [-0.39, 0.29) is 0 Å². The molecule has 16 heavy (non-hydrogen) atoms. The molecule has 0 saturated heterocycles. The molecule has 0 saturated carbocycles. The average Bonchev–Trinajstić information content (AvgIpc) is 2.80. The topological polar surface area (TPSA) is 33.1 Å². The Balaban J connectivity index is 1.93. The van der Waals surface area contributed by atoms with Gasteiger partial charge in [-0.3, -0.25) is 4.98 Å². The Labute approximate surface area is 107 Å². The number of aryl methyl sites for hydroxylation is 1. The summed E-state index contributed by atoms with van der Waals surface area (Å²) in [6.07, 6.45) is 2.84. The second kappa shape index (κ2) is 5.57. The fourth-order valence-corrected chi connectivity index (χ4v) is 2.41. The fraction of sp³-hybridized carbons (Fsp3) is 0.250. The van der Waals surface area contributed by atoms with Gasteiger partial charge in [-0.1, -0.05) is 0 Å². The Morgan fingerprint density at radius 1 is 1.38 bits per heavy atom. The van der Waals surface area contributed by atoms with E-state index in [1.165, 1.54) is 5.56 Å². The van der Waals surface area contributed by atoms with Gasteiger partial charge in [0.2, 0.25) is 0 Å². The number of halogens is 1. The second-order valence-electron chi connectivity index (χ2n) is 3.59. The molecule has 0 amide bonds. The Morgan fingerprint density at radius 3 is 2.88 bits per heavy atom. The minimum Gasteiger partial charge on any atom is -0.387 e. The summed E-state index contributed by atoms with van der Waals surface area (Å²) in [7, 11) is 0. The van der Waals surface area contributed by atoms with Crippen molar-refractivity contribution >= 4 is 27.3 Å². The molecule has 0 aliphatic carbocycles. The predicted molar refractivity (Wildman–Crippen MR) is 69.5 cm³/mol. The van der Waals surface area contributed by atoms with Crippen molar-refractivity contribution < 1.29 is 5.11 Å².